The molecule has 0 saturated heterocycles. The number of aliphatic hydroxyl groups excluding tert-OH is 2. The van der Waals surface area contributed by atoms with Crippen LogP contribution in [0.4, 0.5) is 0 Å². The second-order valence-corrected chi connectivity index (χ2v) is 10.5. The van der Waals surface area contributed by atoms with Crippen LogP contribution in [0.1, 0.15) is 118 Å². The minimum absolute atomic E-state index is 0.156. The van der Waals surface area contributed by atoms with Gasteiger partial charge in [-0.2, -0.15) is 0 Å². The number of carboxylic acids is 2. The van der Waals surface area contributed by atoms with Gasteiger partial charge in [-0.25, -0.2) is 4.79 Å². The standard InChI is InChI=1S/C26H51NO6/c1-7-9-10-11-12-13-14-15-16-17-18-25(19-21(3)28,20-22(4)29)27(5,6)26(8-2,23(30)31)24(32)33/h21-22,28-29H,7-20H2,1-6H3,(H-,30,31,32,33). The molecule has 3 atom stereocenters. The third-order valence-electron chi connectivity index (χ3n) is 7.69. The molecule has 7 nitrogen and oxygen atoms in total. The van der Waals surface area contributed by atoms with E-state index in [2.05, 4.69) is 6.92 Å². The Hall–Kier alpha value is -1.18. The second-order valence-electron chi connectivity index (χ2n) is 10.5. The summed E-state index contributed by atoms with van der Waals surface area (Å²) in [7, 11) is 3.21. The topological polar surface area (TPSA) is 118 Å². The molecule has 0 aromatic carbocycles. The molecule has 0 fully saturated rings. The normalized spacial score (nSPS) is 17.7. The summed E-state index contributed by atoms with van der Waals surface area (Å²) < 4.78 is -0.388. The molecule has 196 valence electrons. The van der Waals surface area contributed by atoms with E-state index in [1.165, 1.54) is 38.5 Å². The van der Waals surface area contributed by atoms with Crippen LogP contribution in [0.5, 0.6) is 0 Å². The van der Waals surface area contributed by atoms with E-state index in [4.69, 9.17) is 0 Å². The first-order valence-electron chi connectivity index (χ1n) is 13.0. The Morgan fingerprint density at radius 3 is 1.52 bits per heavy atom. The van der Waals surface area contributed by atoms with Crippen LogP contribution >= 0.6 is 0 Å². The maximum atomic E-state index is 12.3. The van der Waals surface area contributed by atoms with Crippen LogP contribution in [-0.4, -0.2) is 69.1 Å². The molecule has 0 heterocycles. The van der Waals surface area contributed by atoms with Gasteiger partial charge in [-0.05, 0) is 20.3 Å². The van der Waals surface area contributed by atoms with Crippen LogP contribution < -0.4 is 5.11 Å². The monoisotopic (exact) mass is 473 g/mol. The number of hydrogen-bond acceptors (Lipinski definition) is 5. The summed E-state index contributed by atoms with van der Waals surface area (Å²) in [5, 5.41) is 43.0. The lowest BCUT2D eigenvalue weighted by molar-refractivity contribution is -0.975. The Morgan fingerprint density at radius 2 is 1.21 bits per heavy atom. The quantitative estimate of drug-likeness (QED) is 0.141. The van der Waals surface area contributed by atoms with Crippen LogP contribution in [0.25, 0.3) is 0 Å². The van der Waals surface area contributed by atoms with Crippen molar-refractivity contribution in [3.63, 3.8) is 0 Å². The first-order valence-corrected chi connectivity index (χ1v) is 13.0. The highest BCUT2D eigenvalue weighted by Crippen LogP contribution is 2.44. The van der Waals surface area contributed by atoms with E-state index in [1.807, 2.05) is 0 Å². The van der Waals surface area contributed by atoms with Gasteiger partial charge in [0.05, 0.1) is 26.3 Å². The fraction of sp³-hybridized carbons (Fsp3) is 0.923. The Balaban J connectivity index is 5.59. The van der Waals surface area contributed by atoms with Gasteiger partial charge in [0.1, 0.15) is 11.5 Å². The maximum absolute atomic E-state index is 12.3. The first kappa shape index (κ1) is 31.8. The molecule has 0 amide bonds. The highest BCUT2D eigenvalue weighted by Gasteiger charge is 2.62. The molecular formula is C26H51NO6. The zero-order valence-electron chi connectivity index (χ0n) is 22.1. The summed E-state index contributed by atoms with van der Waals surface area (Å²) in [6.07, 6.45) is 10.8. The molecule has 0 spiro atoms. The number of hydrogen-bond donors (Lipinski definition) is 3. The van der Waals surface area contributed by atoms with Gasteiger partial charge in [-0.1, -0.05) is 71.6 Å². The fourth-order valence-corrected chi connectivity index (χ4v) is 5.72. The summed E-state index contributed by atoms with van der Waals surface area (Å²) in [5.41, 5.74) is -3.11. The molecule has 0 saturated carbocycles. The van der Waals surface area contributed by atoms with Crippen LogP contribution in [0.15, 0.2) is 0 Å². The van der Waals surface area contributed by atoms with Gasteiger partial charge in [-0.3, -0.25) is 0 Å². The molecule has 0 aliphatic carbocycles. The average Bonchev–Trinajstić information content (AvgIpc) is 2.68. The molecule has 0 radical (unpaired) electrons. The number of carboxylic acid groups (broad SMARTS) is 2. The molecule has 7 heteroatoms. The van der Waals surface area contributed by atoms with Gasteiger partial charge < -0.3 is 29.7 Å². The largest absolute Gasteiger partial charge is 0.543 e. The zero-order valence-corrected chi connectivity index (χ0v) is 22.1. The predicted octanol–water partition coefficient (Wildman–Crippen LogP) is 3.64. The molecule has 3 N–H and O–H groups in total. The van der Waals surface area contributed by atoms with Crippen molar-refractivity contribution in [2.75, 3.05) is 14.1 Å². The van der Waals surface area contributed by atoms with Gasteiger partial charge in [-0.15, -0.1) is 0 Å². The highest BCUT2D eigenvalue weighted by molar-refractivity contribution is 6.00. The van der Waals surface area contributed by atoms with E-state index < -0.39 is 35.2 Å². The van der Waals surface area contributed by atoms with Crippen LogP contribution in [0.3, 0.4) is 0 Å². The minimum atomic E-state index is -2.18. The van der Waals surface area contributed by atoms with Crippen LogP contribution in [0, 0.1) is 0 Å². The zero-order chi connectivity index (χ0) is 25.7. The molecule has 0 bridgehead atoms. The fourth-order valence-electron chi connectivity index (χ4n) is 5.72. The average molecular weight is 474 g/mol. The van der Waals surface area contributed by atoms with Crippen molar-refractivity contribution in [1.29, 1.82) is 0 Å². The number of quaternary nitrogens is 1. The molecule has 0 aromatic rings. The Bertz CT molecular complexity index is 549. The lowest BCUT2D eigenvalue weighted by Gasteiger charge is -2.58. The van der Waals surface area contributed by atoms with Gasteiger partial charge in [0, 0.05) is 25.7 Å². The van der Waals surface area contributed by atoms with E-state index in [-0.39, 0.29) is 23.7 Å². The lowest BCUT2D eigenvalue weighted by atomic mass is 9.74. The second kappa shape index (κ2) is 14.9. The minimum Gasteiger partial charge on any atom is -0.543 e. The number of aliphatic hydroxyl groups is 2. The van der Waals surface area contributed by atoms with Crippen LogP contribution in [-0.2, 0) is 9.59 Å². The van der Waals surface area contributed by atoms with E-state index in [0.717, 1.165) is 25.7 Å². The summed E-state index contributed by atoms with van der Waals surface area (Å²) in [6.45, 7) is 7.01. The van der Waals surface area contributed by atoms with Crippen molar-refractivity contribution in [1.82, 2.24) is 0 Å². The maximum Gasteiger partial charge on any atom is 0.372 e. The molecule has 33 heavy (non-hydrogen) atoms. The third kappa shape index (κ3) is 8.52. The summed E-state index contributed by atoms with van der Waals surface area (Å²) in [5.74, 6) is -3.08. The first-order chi connectivity index (χ1) is 15.3. The van der Waals surface area contributed by atoms with Crippen molar-refractivity contribution in [3.8, 4) is 0 Å². The van der Waals surface area contributed by atoms with Gasteiger partial charge in [0.2, 0.25) is 5.54 Å². The number of aliphatic carboxylic acids is 2. The molecule has 0 aliphatic heterocycles. The molecule has 3 unspecified atom stereocenters. The van der Waals surface area contributed by atoms with Crippen LogP contribution in [0.2, 0.25) is 0 Å². The smallest absolute Gasteiger partial charge is 0.372 e. The summed E-state index contributed by atoms with van der Waals surface area (Å²) in [6, 6.07) is 0. The van der Waals surface area contributed by atoms with Crippen molar-refractivity contribution in [2.24, 2.45) is 0 Å². The van der Waals surface area contributed by atoms with Crippen molar-refractivity contribution < 1.29 is 34.5 Å². The SMILES string of the molecule is CCCCCCCCCCCCC(CC(C)O)(CC(C)O)[N+](C)(C)C(CC)(C(=O)[O-])C(=O)O. The van der Waals surface area contributed by atoms with Gasteiger partial charge >= 0.3 is 5.97 Å². The number of carbonyl (C=O) groups is 2. The molecule has 0 rings (SSSR count). The number of rotatable bonds is 20. The van der Waals surface area contributed by atoms with E-state index in [1.54, 1.807) is 34.9 Å². The summed E-state index contributed by atoms with van der Waals surface area (Å²) >= 11 is 0. The lowest BCUT2D eigenvalue weighted by Crippen LogP contribution is -2.79. The van der Waals surface area contributed by atoms with Crippen molar-refractivity contribution in [2.45, 2.75) is 141 Å². The number of carbonyl (C=O) groups excluding carboxylic acids is 1. The molecule has 0 aromatic heterocycles. The van der Waals surface area contributed by atoms with Crippen molar-refractivity contribution in [3.05, 3.63) is 0 Å². The van der Waals surface area contributed by atoms with Crippen molar-refractivity contribution >= 4 is 11.9 Å². The van der Waals surface area contributed by atoms with E-state index in [0.29, 0.717) is 6.42 Å². The van der Waals surface area contributed by atoms with Gasteiger partial charge in [0.25, 0.3) is 0 Å². The summed E-state index contributed by atoms with van der Waals surface area (Å²) in [4.78, 5) is 24.6. The van der Waals surface area contributed by atoms with Gasteiger partial charge in [0.15, 0.2) is 0 Å². The Kier molecular flexibility index (Phi) is 14.4. The Morgan fingerprint density at radius 1 is 0.818 bits per heavy atom. The molecule has 0 aliphatic rings. The number of nitrogens with zero attached hydrogens (tertiary/aromatic N) is 1. The molecular weight excluding hydrogens is 422 g/mol. The highest BCUT2D eigenvalue weighted by atomic mass is 16.4. The van der Waals surface area contributed by atoms with E-state index in [9.17, 15) is 30.0 Å². The Labute approximate surface area is 201 Å². The number of unbranched alkanes of at least 4 members (excludes halogenated alkanes) is 9. The van der Waals surface area contributed by atoms with E-state index >= 15 is 0 Å². The third-order valence-corrected chi connectivity index (χ3v) is 7.69. The number of likely N-dealkylation sites (N-methyl/N-ethyl adjacent to an activating group) is 1. The predicted molar refractivity (Wildman–Crippen MR) is 130 cm³/mol.